The molecule has 0 atom stereocenters. The smallest absolute Gasteiger partial charge is 0.266 e. The molecule has 0 aliphatic rings. The molecule has 5 nitrogen and oxygen atoms in total. The number of hydrogen-bond acceptors (Lipinski definition) is 4. The molecule has 0 amide bonds. The Hall–Kier alpha value is -2.48. The van der Waals surface area contributed by atoms with Crippen LogP contribution in [0.4, 0.5) is 0 Å². The third kappa shape index (κ3) is 2.25. The highest BCUT2D eigenvalue weighted by molar-refractivity contribution is 5.68. The number of nitrogens with zero attached hydrogens (tertiary/aromatic N) is 3. The van der Waals surface area contributed by atoms with Crippen LogP contribution >= 0.6 is 0 Å². The number of H-pyrrole nitrogens is 1. The summed E-state index contributed by atoms with van der Waals surface area (Å²) in [6.07, 6.45) is 2.86. The Morgan fingerprint density at radius 2 is 2.16 bits per heavy atom. The average molecular weight is 254 g/mol. The van der Waals surface area contributed by atoms with Crippen LogP contribution in [0, 0.1) is 11.3 Å². The molecule has 19 heavy (non-hydrogen) atoms. The van der Waals surface area contributed by atoms with Crippen LogP contribution in [0.3, 0.4) is 0 Å². The predicted octanol–water partition coefficient (Wildman–Crippen LogP) is 1.83. The van der Waals surface area contributed by atoms with E-state index < -0.39 is 0 Å². The molecule has 2 heterocycles. The summed E-state index contributed by atoms with van der Waals surface area (Å²) >= 11 is 0. The topological polar surface area (TPSA) is 82.4 Å². The number of nitriles is 1. The Bertz CT molecular complexity index is 683. The zero-order valence-electron chi connectivity index (χ0n) is 10.9. The van der Waals surface area contributed by atoms with Crippen LogP contribution in [0.1, 0.15) is 30.7 Å². The van der Waals surface area contributed by atoms with Gasteiger partial charge >= 0.3 is 0 Å². The second-order valence-electron chi connectivity index (χ2n) is 4.09. The summed E-state index contributed by atoms with van der Waals surface area (Å²) in [7, 11) is 0. The Balaban J connectivity index is 2.85. The number of aromatic amines is 1. The Labute approximate surface area is 110 Å². The van der Waals surface area contributed by atoms with E-state index in [0.717, 1.165) is 16.8 Å². The molecule has 0 unspecified atom stereocenters. The number of aromatic nitrogens is 3. The summed E-state index contributed by atoms with van der Waals surface area (Å²) in [5.74, 6) is 0. The Kier molecular flexibility index (Phi) is 3.71. The molecule has 2 aromatic heterocycles. The first kappa shape index (κ1) is 13.0. The fourth-order valence-corrected chi connectivity index (χ4v) is 2.19. The molecule has 96 valence electrons. The number of nitrogens with one attached hydrogen (secondary N) is 1. The van der Waals surface area contributed by atoms with Crippen molar-refractivity contribution in [1.82, 2.24) is 15.2 Å². The van der Waals surface area contributed by atoms with Crippen LogP contribution in [0.25, 0.3) is 11.3 Å². The lowest BCUT2D eigenvalue weighted by atomic mass is 9.95. The van der Waals surface area contributed by atoms with Gasteiger partial charge in [-0.05, 0) is 30.5 Å². The van der Waals surface area contributed by atoms with Gasteiger partial charge in [0.25, 0.3) is 5.56 Å². The predicted molar refractivity (Wildman–Crippen MR) is 71.6 cm³/mol. The Morgan fingerprint density at radius 3 is 2.68 bits per heavy atom. The molecular formula is C14H14N4O. The molecule has 0 bridgehead atoms. The fraction of sp³-hybridized carbons (Fsp3) is 0.286. The van der Waals surface area contributed by atoms with Crippen molar-refractivity contribution >= 4 is 0 Å². The second-order valence-corrected chi connectivity index (χ2v) is 4.09. The lowest BCUT2D eigenvalue weighted by molar-refractivity contribution is 0.960. The van der Waals surface area contributed by atoms with Crippen molar-refractivity contribution < 1.29 is 0 Å². The molecular weight excluding hydrogens is 240 g/mol. The molecule has 0 saturated carbocycles. The Morgan fingerprint density at radius 1 is 1.37 bits per heavy atom. The molecule has 0 saturated heterocycles. The molecule has 0 aliphatic heterocycles. The summed E-state index contributed by atoms with van der Waals surface area (Å²) in [6.45, 7) is 3.88. The van der Waals surface area contributed by atoms with Crippen molar-refractivity contribution in [2.24, 2.45) is 0 Å². The minimum absolute atomic E-state index is 0.167. The zero-order chi connectivity index (χ0) is 13.8. The molecule has 0 fully saturated rings. The highest BCUT2D eigenvalue weighted by Gasteiger charge is 2.17. The van der Waals surface area contributed by atoms with Gasteiger partial charge in [0.05, 0.1) is 5.69 Å². The minimum Gasteiger partial charge on any atom is -0.324 e. The SMILES string of the molecule is CCc1[nH]c(=O)c(C#N)c(CC)c1-c1cccnn1. The van der Waals surface area contributed by atoms with Crippen LogP contribution in [-0.4, -0.2) is 15.2 Å². The summed E-state index contributed by atoms with van der Waals surface area (Å²) < 4.78 is 0. The molecule has 0 spiro atoms. The molecule has 1 N–H and O–H groups in total. The van der Waals surface area contributed by atoms with Crippen LogP contribution < -0.4 is 5.56 Å². The third-order valence-electron chi connectivity index (χ3n) is 3.04. The van der Waals surface area contributed by atoms with E-state index in [1.165, 1.54) is 0 Å². The van der Waals surface area contributed by atoms with E-state index in [4.69, 9.17) is 5.26 Å². The van der Waals surface area contributed by atoms with Crippen LogP contribution in [0.15, 0.2) is 23.1 Å². The van der Waals surface area contributed by atoms with E-state index in [9.17, 15) is 4.79 Å². The quantitative estimate of drug-likeness (QED) is 0.905. The molecule has 2 rings (SSSR count). The van der Waals surface area contributed by atoms with E-state index in [-0.39, 0.29) is 11.1 Å². The lowest BCUT2D eigenvalue weighted by Gasteiger charge is -2.13. The maximum Gasteiger partial charge on any atom is 0.266 e. The van der Waals surface area contributed by atoms with Crippen LogP contribution in [0.2, 0.25) is 0 Å². The van der Waals surface area contributed by atoms with Crippen molar-refractivity contribution in [3.8, 4) is 17.3 Å². The first-order valence-electron chi connectivity index (χ1n) is 6.19. The summed E-state index contributed by atoms with van der Waals surface area (Å²) in [6, 6.07) is 5.61. The number of pyridine rings is 1. The van der Waals surface area contributed by atoms with Crippen LogP contribution in [-0.2, 0) is 12.8 Å². The van der Waals surface area contributed by atoms with E-state index in [0.29, 0.717) is 18.5 Å². The van der Waals surface area contributed by atoms with Gasteiger partial charge in [0.2, 0.25) is 0 Å². The van der Waals surface area contributed by atoms with Gasteiger partial charge in [0.15, 0.2) is 0 Å². The summed E-state index contributed by atoms with van der Waals surface area (Å²) in [4.78, 5) is 14.7. The first-order chi connectivity index (χ1) is 9.22. The summed E-state index contributed by atoms with van der Waals surface area (Å²) in [5.41, 5.74) is 2.88. The third-order valence-corrected chi connectivity index (χ3v) is 3.04. The standard InChI is InChI=1S/C14H14N4O/c1-3-9-10(8-15)14(19)17-11(4-2)13(9)12-6-5-7-16-18-12/h5-7H,3-4H2,1-2H3,(H,17,19). The minimum atomic E-state index is -0.330. The van der Waals surface area contributed by atoms with Crippen LogP contribution in [0.5, 0.6) is 0 Å². The largest absolute Gasteiger partial charge is 0.324 e. The van der Waals surface area contributed by atoms with Crippen molar-refractivity contribution in [3.05, 3.63) is 45.5 Å². The fourth-order valence-electron chi connectivity index (χ4n) is 2.19. The number of aryl methyl sites for hydroxylation is 1. The maximum atomic E-state index is 11.9. The normalized spacial score (nSPS) is 10.2. The highest BCUT2D eigenvalue weighted by atomic mass is 16.1. The van der Waals surface area contributed by atoms with Gasteiger partial charge in [-0.1, -0.05) is 13.8 Å². The monoisotopic (exact) mass is 254 g/mol. The average Bonchev–Trinajstić information content (AvgIpc) is 2.46. The number of rotatable bonds is 3. The van der Waals surface area contributed by atoms with E-state index >= 15 is 0 Å². The van der Waals surface area contributed by atoms with Crippen molar-refractivity contribution in [2.75, 3.05) is 0 Å². The molecule has 0 aromatic carbocycles. The van der Waals surface area contributed by atoms with Crippen molar-refractivity contribution in [3.63, 3.8) is 0 Å². The van der Waals surface area contributed by atoms with Crippen molar-refractivity contribution in [2.45, 2.75) is 26.7 Å². The van der Waals surface area contributed by atoms with Gasteiger partial charge < -0.3 is 4.98 Å². The van der Waals surface area contributed by atoms with Gasteiger partial charge in [0.1, 0.15) is 11.6 Å². The molecule has 2 aromatic rings. The molecule has 5 heteroatoms. The molecule has 0 radical (unpaired) electrons. The van der Waals surface area contributed by atoms with E-state index in [1.54, 1.807) is 12.3 Å². The van der Waals surface area contributed by atoms with Gasteiger partial charge in [-0.15, -0.1) is 0 Å². The lowest BCUT2D eigenvalue weighted by Crippen LogP contribution is -2.18. The zero-order valence-corrected chi connectivity index (χ0v) is 10.9. The van der Waals surface area contributed by atoms with E-state index in [1.807, 2.05) is 26.0 Å². The first-order valence-corrected chi connectivity index (χ1v) is 6.19. The van der Waals surface area contributed by atoms with Gasteiger partial charge in [-0.3, -0.25) is 4.79 Å². The van der Waals surface area contributed by atoms with Gasteiger partial charge in [-0.2, -0.15) is 15.5 Å². The van der Waals surface area contributed by atoms with E-state index in [2.05, 4.69) is 15.2 Å². The summed E-state index contributed by atoms with van der Waals surface area (Å²) in [5, 5.41) is 17.1. The number of hydrogen-bond donors (Lipinski definition) is 1. The van der Waals surface area contributed by atoms with Crippen molar-refractivity contribution in [1.29, 1.82) is 5.26 Å². The van der Waals surface area contributed by atoms with Gasteiger partial charge in [0, 0.05) is 17.5 Å². The van der Waals surface area contributed by atoms with Gasteiger partial charge in [-0.25, -0.2) is 0 Å². The highest BCUT2D eigenvalue weighted by Crippen LogP contribution is 2.26. The second kappa shape index (κ2) is 5.44. The maximum absolute atomic E-state index is 11.9. The molecule has 0 aliphatic carbocycles.